The van der Waals surface area contributed by atoms with Gasteiger partial charge in [0.15, 0.2) is 0 Å². The molecule has 0 fully saturated rings. The Labute approximate surface area is 147 Å². The summed E-state index contributed by atoms with van der Waals surface area (Å²) in [5.74, 6) is 0.913. The van der Waals surface area contributed by atoms with Gasteiger partial charge in [-0.25, -0.2) is 4.98 Å². The van der Waals surface area contributed by atoms with Gasteiger partial charge in [-0.2, -0.15) is 0 Å². The molecular formula is C19H22ClN3O. The van der Waals surface area contributed by atoms with Crippen LogP contribution in [0.25, 0.3) is 11.0 Å². The molecule has 0 radical (unpaired) electrons. The topological polar surface area (TPSA) is 50.1 Å². The summed E-state index contributed by atoms with van der Waals surface area (Å²) in [5.41, 5.74) is 4.30. The molecule has 1 heterocycles. The largest absolute Gasteiger partial charge is 0.394 e. The molecule has 0 bridgehead atoms. The number of hydrogen-bond donors (Lipinski definition) is 2. The monoisotopic (exact) mass is 343 g/mol. The number of fused-ring (bicyclic) bond motifs is 1. The third kappa shape index (κ3) is 3.46. The van der Waals surface area contributed by atoms with Crippen molar-refractivity contribution in [3.05, 3.63) is 64.4 Å². The molecule has 3 rings (SSSR count). The van der Waals surface area contributed by atoms with Gasteiger partial charge in [0.05, 0.1) is 30.2 Å². The van der Waals surface area contributed by atoms with E-state index in [1.807, 2.05) is 29.8 Å². The fourth-order valence-corrected chi connectivity index (χ4v) is 3.04. The van der Waals surface area contributed by atoms with E-state index in [-0.39, 0.29) is 12.6 Å². The second kappa shape index (κ2) is 7.34. The van der Waals surface area contributed by atoms with Crippen LogP contribution in [0, 0.1) is 0 Å². The second-order valence-electron chi connectivity index (χ2n) is 5.93. The van der Waals surface area contributed by atoms with Crippen molar-refractivity contribution in [3.63, 3.8) is 0 Å². The van der Waals surface area contributed by atoms with Gasteiger partial charge in [0.2, 0.25) is 0 Å². The lowest BCUT2D eigenvalue weighted by molar-refractivity contribution is 0.242. The number of aryl methyl sites for hydroxylation is 2. The summed E-state index contributed by atoms with van der Waals surface area (Å²) in [6, 6.07) is 14.0. The van der Waals surface area contributed by atoms with E-state index in [4.69, 9.17) is 11.6 Å². The van der Waals surface area contributed by atoms with Crippen molar-refractivity contribution in [1.82, 2.24) is 14.9 Å². The van der Waals surface area contributed by atoms with Crippen LogP contribution in [0.2, 0.25) is 5.02 Å². The molecule has 4 nitrogen and oxygen atoms in total. The Morgan fingerprint density at radius 3 is 2.62 bits per heavy atom. The molecule has 2 aromatic carbocycles. The normalized spacial score (nSPS) is 12.7. The predicted octanol–water partition coefficient (Wildman–Crippen LogP) is 3.61. The number of benzene rings is 2. The lowest BCUT2D eigenvalue weighted by Crippen LogP contribution is -2.25. The van der Waals surface area contributed by atoms with Crippen molar-refractivity contribution < 1.29 is 5.11 Å². The number of aliphatic hydroxyl groups excluding tert-OH is 1. The summed E-state index contributed by atoms with van der Waals surface area (Å²) < 4.78 is 2.05. The van der Waals surface area contributed by atoms with Crippen molar-refractivity contribution in [2.45, 2.75) is 25.9 Å². The van der Waals surface area contributed by atoms with Crippen LogP contribution in [-0.2, 0) is 20.0 Å². The quantitative estimate of drug-likeness (QED) is 0.718. The zero-order valence-corrected chi connectivity index (χ0v) is 14.7. The number of nitrogens with zero attached hydrogens (tertiary/aromatic N) is 2. The molecule has 0 aliphatic carbocycles. The first-order chi connectivity index (χ1) is 11.6. The number of halogens is 1. The van der Waals surface area contributed by atoms with Crippen molar-refractivity contribution in [3.8, 4) is 0 Å². The zero-order valence-electron chi connectivity index (χ0n) is 14.0. The number of aliphatic hydroxyl groups is 1. The smallest absolute Gasteiger partial charge is 0.123 e. The van der Waals surface area contributed by atoms with Crippen molar-refractivity contribution in [2.24, 2.45) is 7.05 Å². The maximum atomic E-state index is 9.72. The fraction of sp³-hybridized carbons (Fsp3) is 0.316. The Balaban J connectivity index is 1.76. The van der Waals surface area contributed by atoms with Crippen LogP contribution < -0.4 is 5.32 Å². The first-order valence-electron chi connectivity index (χ1n) is 8.16. The summed E-state index contributed by atoms with van der Waals surface area (Å²) in [4.78, 5) is 4.63. The third-order valence-corrected chi connectivity index (χ3v) is 4.65. The van der Waals surface area contributed by atoms with E-state index in [9.17, 15) is 5.11 Å². The van der Waals surface area contributed by atoms with E-state index in [0.717, 1.165) is 28.8 Å². The first-order valence-corrected chi connectivity index (χ1v) is 8.54. The molecular weight excluding hydrogens is 322 g/mol. The zero-order chi connectivity index (χ0) is 17.1. The van der Waals surface area contributed by atoms with E-state index >= 15 is 0 Å². The van der Waals surface area contributed by atoms with E-state index in [1.54, 1.807) is 0 Å². The minimum atomic E-state index is -0.112. The van der Waals surface area contributed by atoms with Crippen LogP contribution in [0.3, 0.4) is 0 Å². The highest BCUT2D eigenvalue weighted by molar-refractivity contribution is 6.31. The first kappa shape index (κ1) is 17.0. The highest BCUT2D eigenvalue weighted by Gasteiger charge is 2.13. The summed E-state index contributed by atoms with van der Waals surface area (Å²) in [7, 11) is 1.99. The number of rotatable bonds is 6. The molecule has 3 aromatic rings. The van der Waals surface area contributed by atoms with Gasteiger partial charge in [-0.05, 0) is 35.7 Å². The van der Waals surface area contributed by atoms with E-state index < -0.39 is 0 Å². The Bertz CT molecular complexity index is 826. The summed E-state index contributed by atoms with van der Waals surface area (Å²) >= 11 is 6.04. The lowest BCUT2D eigenvalue weighted by atomic mass is 10.0. The van der Waals surface area contributed by atoms with Crippen molar-refractivity contribution in [1.29, 1.82) is 0 Å². The maximum Gasteiger partial charge on any atom is 0.123 e. The van der Waals surface area contributed by atoms with Gasteiger partial charge in [-0.1, -0.05) is 42.8 Å². The second-order valence-corrected chi connectivity index (χ2v) is 6.37. The van der Waals surface area contributed by atoms with Gasteiger partial charge < -0.3 is 15.0 Å². The standard InChI is InChI=1S/C19H22ClN3O/c1-3-13-4-6-14(7-5-13)17(12-24)21-11-19-22-16-10-15(20)8-9-18(16)23(19)2/h4-10,17,21,24H,3,11-12H2,1-2H3. The molecule has 0 aliphatic rings. The molecule has 0 saturated carbocycles. The average molecular weight is 344 g/mol. The predicted molar refractivity (Wildman–Crippen MR) is 98.2 cm³/mol. The number of imidazole rings is 1. The molecule has 1 unspecified atom stereocenters. The Morgan fingerprint density at radius 1 is 1.21 bits per heavy atom. The van der Waals surface area contributed by atoms with Crippen LogP contribution >= 0.6 is 11.6 Å². The Morgan fingerprint density at radius 2 is 1.96 bits per heavy atom. The van der Waals surface area contributed by atoms with Gasteiger partial charge in [0, 0.05) is 12.1 Å². The van der Waals surface area contributed by atoms with Crippen LogP contribution in [0.5, 0.6) is 0 Å². The molecule has 5 heteroatoms. The van der Waals surface area contributed by atoms with E-state index in [1.165, 1.54) is 5.56 Å². The maximum absolute atomic E-state index is 9.72. The van der Waals surface area contributed by atoms with Crippen LogP contribution in [-0.4, -0.2) is 21.3 Å². The van der Waals surface area contributed by atoms with Crippen LogP contribution in [0.15, 0.2) is 42.5 Å². The van der Waals surface area contributed by atoms with Crippen molar-refractivity contribution >= 4 is 22.6 Å². The number of nitrogens with one attached hydrogen (secondary N) is 1. The van der Waals surface area contributed by atoms with E-state index in [2.05, 4.69) is 41.5 Å². The lowest BCUT2D eigenvalue weighted by Gasteiger charge is -2.17. The third-order valence-electron chi connectivity index (χ3n) is 4.41. The minimum absolute atomic E-state index is 0.0429. The van der Waals surface area contributed by atoms with Gasteiger partial charge in [0.25, 0.3) is 0 Å². The molecule has 0 saturated heterocycles. The van der Waals surface area contributed by atoms with E-state index in [0.29, 0.717) is 11.6 Å². The van der Waals surface area contributed by atoms with Crippen LogP contribution in [0.4, 0.5) is 0 Å². The Hall–Kier alpha value is -1.88. The highest BCUT2D eigenvalue weighted by atomic mass is 35.5. The average Bonchev–Trinajstić information content (AvgIpc) is 2.91. The molecule has 1 atom stereocenters. The van der Waals surface area contributed by atoms with Gasteiger partial charge in [0.1, 0.15) is 5.82 Å². The summed E-state index contributed by atoms with van der Waals surface area (Å²) in [5, 5.41) is 13.8. The van der Waals surface area contributed by atoms with Gasteiger partial charge >= 0.3 is 0 Å². The molecule has 1 aromatic heterocycles. The Kier molecular flexibility index (Phi) is 5.19. The molecule has 0 spiro atoms. The fourth-order valence-electron chi connectivity index (χ4n) is 2.87. The number of hydrogen-bond acceptors (Lipinski definition) is 3. The van der Waals surface area contributed by atoms with Gasteiger partial charge in [-0.3, -0.25) is 0 Å². The highest BCUT2D eigenvalue weighted by Crippen LogP contribution is 2.20. The molecule has 2 N–H and O–H groups in total. The van der Waals surface area contributed by atoms with Gasteiger partial charge in [-0.15, -0.1) is 0 Å². The molecule has 0 aliphatic heterocycles. The summed E-state index contributed by atoms with van der Waals surface area (Å²) in [6.45, 7) is 2.75. The molecule has 126 valence electrons. The molecule has 24 heavy (non-hydrogen) atoms. The number of aromatic nitrogens is 2. The van der Waals surface area contributed by atoms with Crippen molar-refractivity contribution in [2.75, 3.05) is 6.61 Å². The molecule has 0 amide bonds. The SMILES string of the molecule is CCc1ccc(C(CO)NCc2nc3cc(Cl)ccc3n2C)cc1. The van der Waals surface area contributed by atoms with Crippen LogP contribution in [0.1, 0.15) is 29.9 Å². The summed E-state index contributed by atoms with van der Waals surface area (Å²) in [6.07, 6.45) is 1.01. The minimum Gasteiger partial charge on any atom is -0.394 e.